The highest BCUT2D eigenvalue weighted by Crippen LogP contribution is 2.30. The second-order valence-electron chi connectivity index (χ2n) is 9.10. The van der Waals surface area contributed by atoms with Crippen LogP contribution in [-0.2, 0) is 10.3 Å². The quantitative estimate of drug-likeness (QED) is 0.287. The number of aromatic nitrogens is 4. The van der Waals surface area contributed by atoms with Gasteiger partial charge in [-0.15, -0.1) is 0 Å². The molecule has 1 aliphatic rings. The molecule has 0 bridgehead atoms. The van der Waals surface area contributed by atoms with Gasteiger partial charge in [-0.3, -0.25) is 5.10 Å². The zero-order valence-corrected chi connectivity index (χ0v) is 20.1. The van der Waals surface area contributed by atoms with Crippen molar-refractivity contribution in [3.63, 3.8) is 0 Å². The number of H-pyrrole nitrogens is 1. The molecule has 1 aliphatic heterocycles. The van der Waals surface area contributed by atoms with Crippen LogP contribution < -0.4 is 21.3 Å². The summed E-state index contributed by atoms with van der Waals surface area (Å²) in [5, 5.41) is 22.7. The Morgan fingerprint density at radius 2 is 1.64 bits per heavy atom. The first-order chi connectivity index (χ1) is 17.3. The number of morpholine rings is 1. The predicted octanol–water partition coefficient (Wildman–Crippen LogP) is 3.31. The lowest BCUT2D eigenvalue weighted by Gasteiger charge is -2.28. The molecule has 1 saturated heterocycles. The number of carbonyl (C=O) groups excluding carboxylic acids is 1. The minimum atomic E-state index is -0.941. The van der Waals surface area contributed by atoms with Gasteiger partial charge in [0.2, 0.25) is 0 Å². The molecule has 11 nitrogen and oxygen atoms in total. The summed E-state index contributed by atoms with van der Waals surface area (Å²) in [5.74, 6) is 1.56. The number of benzene rings is 2. The number of hydrogen-bond donors (Lipinski definition) is 5. The van der Waals surface area contributed by atoms with E-state index in [2.05, 4.69) is 30.7 Å². The van der Waals surface area contributed by atoms with E-state index in [9.17, 15) is 9.90 Å². The molecule has 3 heterocycles. The number of nitrogens with one attached hydrogen (secondary N) is 3. The van der Waals surface area contributed by atoms with E-state index in [1.807, 2.05) is 12.1 Å². The highest BCUT2D eigenvalue weighted by Gasteiger charge is 2.21. The highest BCUT2D eigenvalue weighted by atomic mass is 16.5. The molecule has 1 fully saturated rings. The van der Waals surface area contributed by atoms with Crippen molar-refractivity contribution < 1.29 is 14.6 Å². The third-order valence-electron chi connectivity index (χ3n) is 5.98. The van der Waals surface area contributed by atoms with E-state index in [4.69, 9.17) is 15.5 Å². The van der Waals surface area contributed by atoms with Gasteiger partial charge in [-0.25, -0.2) is 14.8 Å². The van der Waals surface area contributed by atoms with E-state index in [0.717, 1.165) is 16.9 Å². The van der Waals surface area contributed by atoms with Crippen molar-refractivity contribution in [1.29, 1.82) is 0 Å². The summed E-state index contributed by atoms with van der Waals surface area (Å²) in [5.41, 5.74) is 9.15. The lowest BCUT2D eigenvalue weighted by Crippen LogP contribution is -2.37. The zero-order valence-electron chi connectivity index (χ0n) is 20.1. The smallest absolute Gasteiger partial charge is 0.323 e. The molecular weight excluding hydrogens is 460 g/mol. The molecule has 0 atom stereocenters. The van der Waals surface area contributed by atoms with Crippen molar-refractivity contribution in [2.75, 3.05) is 47.6 Å². The number of nitrogens with two attached hydrogens (primary N) is 1. The van der Waals surface area contributed by atoms with Gasteiger partial charge in [-0.1, -0.05) is 12.1 Å². The number of hydrogen-bond acceptors (Lipinski definition) is 8. The van der Waals surface area contributed by atoms with Crippen LogP contribution in [0, 0.1) is 0 Å². The largest absolute Gasteiger partial charge is 0.386 e. The lowest BCUT2D eigenvalue weighted by molar-refractivity contribution is 0.0786. The Kier molecular flexibility index (Phi) is 6.17. The molecular formula is C25H28N8O3. The number of carbonyl (C=O) groups is 1. The Hall–Kier alpha value is -4.22. The fraction of sp³-hybridized carbons (Fsp3) is 0.280. The molecule has 0 unspecified atom stereocenters. The fourth-order valence-corrected chi connectivity index (χ4v) is 4.00. The fourth-order valence-electron chi connectivity index (χ4n) is 4.00. The Morgan fingerprint density at radius 3 is 2.25 bits per heavy atom. The van der Waals surface area contributed by atoms with Crippen LogP contribution in [-0.4, -0.2) is 57.6 Å². The summed E-state index contributed by atoms with van der Waals surface area (Å²) in [4.78, 5) is 24.0. The third kappa shape index (κ3) is 4.92. The number of rotatable bonds is 5. The zero-order chi connectivity index (χ0) is 25.3. The first-order valence-electron chi connectivity index (χ1n) is 11.6. The number of urea groups is 1. The van der Waals surface area contributed by atoms with Gasteiger partial charge < -0.3 is 31.1 Å². The van der Waals surface area contributed by atoms with Crippen LogP contribution in [0.5, 0.6) is 0 Å². The van der Waals surface area contributed by atoms with Gasteiger partial charge >= 0.3 is 6.03 Å². The van der Waals surface area contributed by atoms with Crippen molar-refractivity contribution in [3.05, 3.63) is 54.1 Å². The van der Waals surface area contributed by atoms with Gasteiger partial charge in [0.05, 0.1) is 18.8 Å². The van der Waals surface area contributed by atoms with Gasteiger partial charge in [0.15, 0.2) is 17.5 Å². The van der Waals surface area contributed by atoms with E-state index in [0.29, 0.717) is 60.4 Å². The SMILES string of the molecule is CC(C)(O)c1ccc(NC(=O)Nc2ccc(-c3nc(N4CCOCC4)c4[nH]nc(N)c4n3)cc2)cc1. The van der Waals surface area contributed by atoms with E-state index in [1.54, 1.807) is 50.2 Å². The Labute approximate surface area is 207 Å². The molecule has 0 aliphatic carbocycles. The number of anilines is 4. The van der Waals surface area contributed by atoms with Crippen molar-refractivity contribution in [2.24, 2.45) is 0 Å². The van der Waals surface area contributed by atoms with Gasteiger partial charge in [0.1, 0.15) is 11.0 Å². The van der Waals surface area contributed by atoms with Crippen molar-refractivity contribution in [2.45, 2.75) is 19.4 Å². The number of fused-ring (bicyclic) bond motifs is 1. The molecule has 2 aromatic heterocycles. The van der Waals surface area contributed by atoms with Crippen LogP contribution >= 0.6 is 0 Å². The van der Waals surface area contributed by atoms with Crippen molar-refractivity contribution >= 4 is 40.1 Å². The van der Waals surface area contributed by atoms with Crippen LogP contribution in [0.15, 0.2) is 48.5 Å². The average Bonchev–Trinajstić information content (AvgIpc) is 3.25. The van der Waals surface area contributed by atoms with Crippen molar-refractivity contribution in [3.8, 4) is 11.4 Å². The van der Waals surface area contributed by atoms with E-state index >= 15 is 0 Å². The van der Waals surface area contributed by atoms with Crippen LogP contribution in [0.2, 0.25) is 0 Å². The van der Waals surface area contributed by atoms with Crippen LogP contribution in [0.4, 0.5) is 27.8 Å². The molecule has 2 aromatic carbocycles. The normalized spacial score (nSPS) is 14.1. The van der Waals surface area contributed by atoms with Crippen LogP contribution in [0.25, 0.3) is 22.4 Å². The summed E-state index contributed by atoms with van der Waals surface area (Å²) < 4.78 is 5.47. The first-order valence-corrected chi connectivity index (χ1v) is 11.6. The van der Waals surface area contributed by atoms with Crippen LogP contribution in [0.1, 0.15) is 19.4 Å². The summed E-state index contributed by atoms with van der Waals surface area (Å²) in [6, 6.07) is 13.9. The average molecular weight is 489 g/mol. The Morgan fingerprint density at radius 1 is 1.03 bits per heavy atom. The summed E-state index contributed by atoms with van der Waals surface area (Å²) in [7, 11) is 0. The minimum Gasteiger partial charge on any atom is -0.386 e. The van der Waals surface area contributed by atoms with Crippen LogP contribution in [0.3, 0.4) is 0 Å². The molecule has 4 aromatic rings. The topological polar surface area (TPSA) is 154 Å². The lowest BCUT2D eigenvalue weighted by atomic mass is 9.98. The molecule has 0 radical (unpaired) electrons. The predicted molar refractivity (Wildman–Crippen MR) is 139 cm³/mol. The Balaban J connectivity index is 1.32. The summed E-state index contributed by atoms with van der Waals surface area (Å²) in [6.45, 7) is 6.09. The van der Waals surface area contributed by atoms with E-state index < -0.39 is 5.60 Å². The second-order valence-corrected chi connectivity index (χ2v) is 9.10. The molecule has 0 spiro atoms. The minimum absolute atomic E-state index is 0.314. The molecule has 11 heteroatoms. The third-order valence-corrected chi connectivity index (χ3v) is 5.98. The number of ether oxygens (including phenoxy) is 1. The summed E-state index contributed by atoms with van der Waals surface area (Å²) >= 11 is 0. The number of amides is 2. The highest BCUT2D eigenvalue weighted by molar-refractivity contribution is 6.00. The molecule has 0 saturated carbocycles. The molecule has 6 N–H and O–H groups in total. The number of nitrogen functional groups attached to an aromatic ring is 1. The molecule has 2 amide bonds. The maximum atomic E-state index is 12.5. The second kappa shape index (κ2) is 9.44. The van der Waals surface area contributed by atoms with Gasteiger partial charge in [0, 0.05) is 30.0 Å². The van der Waals surface area contributed by atoms with Gasteiger partial charge in [-0.2, -0.15) is 5.10 Å². The molecule has 36 heavy (non-hydrogen) atoms. The summed E-state index contributed by atoms with van der Waals surface area (Å²) in [6.07, 6.45) is 0. The maximum Gasteiger partial charge on any atom is 0.323 e. The maximum absolute atomic E-state index is 12.5. The molecule has 186 valence electrons. The van der Waals surface area contributed by atoms with Gasteiger partial charge in [-0.05, 0) is 55.8 Å². The number of aromatic amines is 1. The van der Waals surface area contributed by atoms with Crippen molar-refractivity contribution in [1.82, 2.24) is 20.2 Å². The van der Waals surface area contributed by atoms with Gasteiger partial charge in [0.25, 0.3) is 0 Å². The van der Waals surface area contributed by atoms with E-state index in [1.165, 1.54) is 0 Å². The Bertz CT molecular complexity index is 1370. The monoisotopic (exact) mass is 488 g/mol. The molecule has 5 rings (SSSR count). The number of nitrogens with zero attached hydrogens (tertiary/aromatic N) is 4. The first kappa shape index (κ1) is 23.5. The standard InChI is InChI=1S/C25H28N8O3/c1-25(2,35)16-5-9-18(10-6-16)28-24(34)27-17-7-3-15(4-8-17)22-29-19-20(31-32-21(19)26)23(30-22)33-11-13-36-14-12-33/h3-10,35H,11-14H2,1-2H3,(H3,26,31,32)(H2,27,28,34). The number of aliphatic hydroxyl groups is 1. The van der Waals surface area contributed by atoms with E-state index in [-0.39, 0.29) is 6.03 Å².